The second kappa shape index (κ2) is 8.77. The Morgan fingerprint density at radius 3 is 2.50 bits per heavy atom. The molecule has 0 saturated carbocycles. The highest BCUT2D eigenvalue weighted by molar-refractivity contribution is 5.67. The van der Waals surface area contributed by atoms with Crippen LogP contribution in [-0.4, -0.2) is 39.8 Å². The van der Waals surface area contributed by atoms with Gasteiger partial charge < -0.3 is 20.5 Å². The van der Waals surface area contributed by atoms with Crippen molar-refractivity contribution in [1.29, 1.82) is 0 Å². The topological polar surface area (TPSA) is 92.2 Å². The van der Waals surface area contributed by atoms with Crippen LogP contribution in [0.2, 0.25) is 0 Å². The number of aliphatic hydroxyl groups excluding tert-OH is 1. The van der Waals surface area contributed by atoms with Gasteiger partial charge in [0.05, 0.1) is 18.9 Å². The molecule has 3 rings (SSSR count). The predicted octanol–water partition coefficient (Wildman–Crippen LogP) is 3.09. The van der Waals surface area contributed by atoms with E-state index in [1.807, 2.05) is 49.4 Å². The molecule has 7 nitrogen and oxygen atoms in total. The summed E-state index contributed by atoms with van der Waals surface area (Å²) in [5, 5.41) is 15.3. The lowest BCUT2D eigenvalue weighted by molar-refractivity contribution is 0.311. The number of nitrogens with one attached hydrogen (secondary N) is 2. The molecule has 3 N–H and O–H groups in total. The number of hydrogen-bond donors (Lipinski definition) is 3. The van der Waals surface area contributed by atoms with Crippen LogP contribution in [0.5, 0.6) is 5.75 Å². The first-order chi connectivity index (χ1) is 12.8. The molecular formula is C19H21N5O2. The minimum absolute atomic E-state index is 0.00446. The minimum Gasteiger partial charge on any atom is -0.494 e. The van der Waals surface area contributed by atoms with Crippen molar-refractivity contribution in [3.8, 4) is 17.0 Å². The second-order valence-corrected chi connectivity index (χ2v) is 5.43. The first-order valence-corrected chi connectivity index (χ1v) is 8.42. The molecule has 0 radical (unpaired) electrons. The highest BCUT2D eigenvalue weighted by atomic mass is 16.5. The van der Waals surface area contributed by atoms with E-state index in [0.29, 0.717) is 24.9 Å². The third-order valence-electron chi connectivity index (χ3n) is 3.53. The molecule has 0 aliphatic rings. The van der Waals surface area contributed by atoms with E-state index in [2.05, 4.69) is 25.6 Å². The Labute approximate surface area is 152 Å². The summed E-state index contributed by atoms with van der Waals surface area (Å²) < 4.78 is 5.46. The van der Waals surface area contributed by atoms with Crippen LogP contribution in [0.15, 0.2) is 54.9 Å². The van der Waals surface area contributed by atoms with Crippen molar-refractivity contribution in [1.82, 2.24) is 15.0 Å². The van der Waals surface area contributed by atoms with E-state index in [0.717, 1.165) is 22.7 Å². The molecule has 26 heavy (non-hydrogen) atoms. The number of benzene rings is 1. The average Bonchev–Trinajstić information content (AvgIpc) is 2.69. The Balaban J connectivity index is 1.87. The zero-order valence-electron chi connectivity index (χ0n) is 14.5. The number of rotatable bonds is 8. The van der Waals surface area contributed by atoms with Crippen molar-refractivity contribution in [2.45, 2.75) is 6.92 Å². The number of aromatic nitrogens is 3. The van der Waals surface area contributed by atoms with E-state index in [9.17, 15) is 0 Å². The molecule has 0 aliphatic heterocycles. The molecule has 134 valence electrons. The molecule has 3 aromatic rings. The standard InChI is InChI=1S/C19H21N5O2/c1-2-26-16-5-3-15(4-6-16)22-18-13-17(14-7-9-20-10-8-14)23-19(24-18)21-11-12-25/h3-10,13,25H,2,11-12H2,1H3,(H2,21,22,23,24). The highest BCUT2D eigenvalue weighted by Gasteiger charge is 2.07. The summed E-state index contributed by atoms with van der Waals surface area (Å²) in [6.07, 6.45) is 3.44. The summed E-state index contributed by atoms with van der Waals surface area (Å²) in [7, 11) is 0. The maximum absolute atomic E-state index is 9.03. The van der Waals surface area contributed by atoms with Gasteiger partial charge in [-0.15, -0.1) is 0 Å². The minimum atomic E-state index is 0.00446. The first kappa shape index (κ1) is 17.6. The van der Waals surface area contributed by atoms with Gasteiger partial charge in [0.1, 0.15) is 11.6 Å². The summed E-state index contributed by atoms with van der Waals surface area (Å²) in [6, 6.07) is 13.3. The molecule has 0 bridgehead atoms. The third kappa shape index (κ3) is 4.67. The van der Waals surface area contributed by atoms with Gasteiger partial charge in [-0.1, -0.05) is 0 Å². The highest BCUT2D eigenvalue weighted by Crippen LogP contribution is 2.24. The molecule has 0 saturated heterocycles. The monoisotopic (exact) mass is 351 g/mol. The number of pyridine rings is 1. The molecule has 2 heterocycles. The van der Waals surface area contributed by atoms with E-state index in [1.54, 1.807) is 12.4 Å². The quantitative estimate of drug-likeness (QED) is 0.574. The van der Waals surface area contributed by atoms with Crippen molar-refractivity contribution in [2.24, 2.45) is 0 Å². The van der Waals surface area contributed by atoms with Crippen LogP contribution in [0.3, 0.4) is 0 Å². The maximum Gasteiger partial charge on any atom is 0.225 e. The van der Waals surface area contributed by atoms with Gasteiger partial charge in [0.15, 0.2) is 0 Å². The van der Waals surface area contributed by atoms with E-state index in [4.69, 9.17) is 9.84 Å². The Morgan fingerprint density at radius 2 is 1.81 bits per heavy atom. The second-order valence-electron chi connectivity index (χ2n) is 5.43. The van der Waals surface area contributed by atoms with Gasteiger partial charge in [0, 0.05) is 36.3 Å². The zero-order valence-corrected chi connectivity index (χ0v) is 14.5. The fourth-order valence-corrected chi connectivity index (χ4v) is 2.38. The molecule has 1 aromatic carbocycles. The number of anilines is 3. The van der Waals surface area contributed by atoms with Crippen LogP contribution in [0.1, 0.15) is 6.92 Å². The molecule has 0 atom stereocenters. The van der Waals surface area contributed by atoms with E-state index >= 15 is 0 Å². The van der Waals surface area contributed by atoms with Crippen molar-refractivity contribution in [2.75, 3.05) is 30.4 Å². The van der Waals surface area contributed by atoms with E-state index in [1.165, 1.54) is 0 Å². The van der Waals surface area contributed by atoms with Crippen LogP contribution in [0, 0.1) is 0 Å². The van der Waals surface area contributed by atoms with Crippen LogP contribution < -0.4 is 15.4 Å². The number of ether oxygens (including phenoxy) is 1. The third-order valence-corrected chi connectivity index (χ3v) is 3.53. The molecule has 0 amide bonds. The lowest BCUT2D eigenvalue weighted by Crippen LogP contribution is -2.10. The Kier molecular flexibility index (Phi) is 5.95. The van der Waals surface area contributed by atoms with Crippen molar-refractivity contribution >= 4 is 17.5 Å². The summed E-state index contributed by atoms with van der Waals surface area (Å²) in [4.78, 5) is 13.0. The molecule has 0 spiro atoms. The Hall–Kier alpha value is -3.19. The fraction of sp³-hybridized carbons (Fsp3) is 0.211. The van der Waals surface area contributed by atoms with Crippen LogP contribution >= 0.6 is 0 Å². The van der Waals surface area contributed by atoms with Crippen LogP contribution in [-0.2, 0) is 0 Å². The molecule has 0 aliphatic carbocycles. The summed E-state index contributed by atoms with van der Waals surface area (Å²) in [5.41, 5.74) is 2.58. The first-order valence-electron chi connectivity index (χ1n) is 8.42. The molecule has 7 heteroatoms. The molecule has 0 fully saturated rings. The van der Waals surface area contributed by atoms with Gasteiger partial charge in [-0.05, 0) is 43.3 Å². The lowest BCUT2D eigenvalue weighted by Gasteiger charge is -2.11. The number of nitrogens with zero attached hydrogens (tertiary/aromatic N) is 3. The van der Waals surface area contributed by atoms with Crippen LogP contribution in [0.25, 0.3) is 11.3 Å². The van der Waals surface area contributed by atoms with Crippen LogP contribution in [0.4, 0.5) is 17.5 Å². The molecule has 2 aromatic heterocycles. The summed E-state index contributed by atoms with van der Waals surface area (Å²) >= 11 is 0. The van der Waals surface area contributed by atoms with E-state index in [-0.39, 0.29) is 6.61 Å². The van der Waals surface area contributed by atoms with Gasteiger partial charge in [-0.3, -0.25) is 4.98 Å². The summed E-state index contributed by atoms with van der Waals surface area (Å²) in [5.74, 6) is 1.92. The van der Waals surface area contributed by atoms with Crippen molar-refractivity contribution in [3.63, 3.8) is 0 Å². The van der Waals surface area contributed by atoms with Gasteiger partial charge in [0.25, 0.3) is 0 Å². The number of aliphatic hydroxyl groups is 1. The van der Waals surface area contributed by atoms with E-state index < -0.39 is 0 Å². The van der Waals surface area contributed by atoms with Gasteiger partial charge in [-0.25, -0.2) is 4.98 Å². The van der Waals surface area contributed by atoms with Gasteiger partial charge in [0.2, 0.25) is 5.95 Å². The average molecular weight is 351 g/mol. The number of hydrogen-bond acceptors (Lipinski definition) is 7. The normalized spacial score (nSPS) is 10.4. The SMILES string of the molecule is CCOc1ccc(Nc2cc(-c3ccncc3)nc(NCCO)n2)cc1. The molecular weight excluding hydrogens is 330 g/mol. The smallest absolute Gasteiger partial charge is 0.225 e. The lowest BCUT2D eigenvalue weighted by atomic mass is 10.2. The fourth-order valence-electron chi connectivity index (χ4n) is 2.38. The van der Waals surface area contributed by atoms with Crippen molar-refractivity contribution in [3.05, 3.63) is 54.9 Å². The van der Waals surface area contributed by atoms with Gasteiger partial charge in [-0.2, -0.15) is 4.98 Å². The predicted molar refractivity (Wildman–Crippen MR) is 102 cm³/mol. The Bertz CT molecular complexity index is 825. The van der Waals surface area contributed by atoms with Crippen molar-refractivity contribution < 1.29 is 9.84 Å². The summed E-state index contributed by atoms with van der Waals surface area (Å²) in [6.45, 7) is 2.97. The zero-order chi connectivity index (χ0) is 18.2. The Morgan fingerprint density at radius 1 is 1.04 bits per heavy atom. The maximum atomic E-state index is 9.03. The van der Waals surface area contributed by atoms with Gasteiger partial charge >= 0.3 is 0 Å². The molecule has 0 unspecified atom stereocenters. The largest absolute Gasteiger partial charge is 0.494 e.